The summed E-state index contributed by atoms with van der Waals surface area (Å²) in [5.74, 6) is -0.558. The number of hydrogen-bond acceptors (Lipinski definition) is 10. The molecule has 1 amide bonds. The van der Waals surface area contributed by atoms with Crippen LogP contribution in [-0.2, 0) is 14.3 Å². The fourth-order valence-corrected chi connectivity index (χ4v) is 3.23. The van der Waals surface area contributed by atoms with Gasteiger partial charge in [0.2, 0.25) is 5.91 Å². The van der Waals surface area contributed by atoms with E-state index in [0.29, 0.717) is 0 Å². The molecule has 0 aromatic heterocycles. The van der Waals surface area contributed by atoms with Crippen molar-refractivity contribution in [1.82, 2.24) is 5.32 Å². The molecule has 0 aliphatic carbocycles. The minimum Gasteiger partial charge on any atom is -0.394 e. The minimum absolute atomic E-state index is 0.558. The van der Waals surface area contributed by atoms with Gasteiger partial charge in [0.05, 0.1) is 19.3 Å². The normalized spacial score (nSPS) is 48.2. The summed E-state index contributed by atoms with van der Waals surface area (Å²) in [5, 5.41) is 71.2. The maximum Gasteiger partial charge on any atom is 0.217 e. The van der Waals surface area contributed by atoms with E-state index >= 15 is 0 Å². The van der Waals surface area contributed by atoms with Gasteiger partial charge in [0, 0.05) is 6.92 Å². The molecule has 10 atom stereocenters. The van der Waals surface area contributed by atoms with E-state index in [1.54, 1.807) is 0 Å². The van der Waals surface area contributed by atoms with Crippen molar-refractivity contribution < 1.29 is 50.0 Å². The fraction of sp³-hybridized carbons (Fsp3) is 0.929. The maximum atomic E-state index is 11.4. The van der Waals surface area contributed by atoms with Gasteiger partial charge in [-0.15, -0.1) is 0 Å². The van der Waals surface area contributed by atoms with Gasteiger partial charge in [-0.2, -0.15) is 0 Å². The van der Waals surface area contributed by atoms with Gasteiger partial charge >= 0.3 is 0 Å². The summed E-state index contributed by atoms with van der Waals surface area (Å²) in [6.07, 6.45) is -13.0. The highest BCUT2D eigenvalue weighted by Gasteiger charge is 2.54. The van der Waals surface area contributed by atoms with Crippen molar-refractivity contribution in [2.75, 3.05) is 13.2 Å². The Bertz CT molecular complexity index is 463. The summed E-state index contributed by atoms with van der Waals surface area (Å²) in [5.41, 5.74) is 0. The van der Waals surface area contributed by atoms with E-state index in [1.807, 2.05) is 0 Å². The number of aliphatic hydroxyl groups is 7. The number of hydrogen-bond donors (Lipinski definition) is 8. The Morgan fingerprint density at radius 2 is 1.28 bits per heavy atom. The van der Waals surface area contributed by atoms with Gasteiger partial charge < -0.3 is 50.5 Å². The van der Waals surface area contributed by atoms with Crippen LogP contribution in [0.2, 0.25) is 0 Å². The molecule has 2 heterocycles. The van der Waals surface area contributed by atoms with Gasteiger partial charge in [-0.05, 0) is 0 Å². The monoisotopic (exact) mass is 367 g/mol. The summed E-state index contributed by atoms with van der Waals surface area (Å²) < 4.78 is 10.9. The third kappa shape index (κ3) is 3.94. The Morgan fingerprint density at radius 1 is 0.800 bits per heavy atom. The lowest BCUT2D eigenvalue weighted by atomic mass is 9.84. The third-order valence-corrected chi connectivity index (χ3v) is 4.59. The van der Waals surface area contributed by atoms with Crippen LogP contribution in [0.25, 0.3) is 0 Å². The molecule has 146 valence electrons. The summed E-state index contributed by atoms with van der Waals surface area (Å²) in [6, 6.07) is -1.23. The van der Waals surface area contributed by atoms with E-state index in [2.05, 4.69) is 5.32 Å². The Balaban J connectivity index is 2.31. The van der Waals surface area contributed by atoms with Gasteiger partial charge in [-0.1, -0.05) is 0 Å². The number of rotatable bonds is 4. The number of carbonyl (C=O) groups excluding carboxylic acids is 1. The fourth-order valence-electron chi connectivity index (χ4n) is 3.23. The molecule has 0 bridgehead atoms. The molecule has 2 aliphatic rings. The SMILES string of the molecule is CC(=O)N[C@H]1C(C2O[C@H](CO)[C@@H](O)[C@H](O)[C@H]2O)O[C@H](CO)[C@@H](O)[C@@H]1O. The first-order valence-corrected chi connectivity index (χ1v) is 7.93. The van der Waals surface area contributed by atoms with Gasteiger partial charge in [0.25, 0.3) is 0 Å². The highest BCUT2D eigenvalue weighted by atomic mass is 16.6. The third-order valence-electron chi connectivity index (χ3n) is 4.59. The number of amides is 1. The van der Waals surface area contributed by atoms with Crippen LogP contribution in [0.4, 0.5) is 0 Å². The van der Waals surface area contributed by atoms with Crippen LogP contribution >= 0.6 is 0 Å². The lowest BCUT2D eigenvalue weighted by molar-refractivity contribution is -0.285. The average Bonchev–Trinajstić information content (AvgIpc) is 2.58. The second-order valence-corrected chi connectivity index (χ2v) is 6.32. The van der Waals surface area contributed by atoms with E-state index < -0.39 is 80.1 Å². The predicted molar refractivity (Wildman–Crippen MR) is 79.1 cm³/mol. The molecule has 2 unspecified atom stereocenters. The molecule has 2 rings (SSSR count). The number of aliphatic hydroxyl groups excluding tert-OH is 7. The minimum atomic E-state index is -1.67. The molecule has 25 heavy (non-hydrogen) atoms. The van der Waals surface area contributed by atoms with Crippen molar-refractivity contribution in [3.63, 3.8) is 0 Å². The molecule has 2 saturated heterocycles. The zero-order valence-electron chi connectivity index (χ0n) is 13.5. The van der Waals surface area contributed by atoms with Crippen molar-refractivity contribution in [3.8, 4) is 0 Å². The van der Waals surface area contributed by atoms with Gasteiger partial charge in [-0.25, -0.2) is 0 Å². The summed E-state index contributed by atoms with van der Waals surface area (Å²) in [7, 11) is 0. The molecule has 0 radical (unpaired) electrons. The molecule has 0 aromatic carbocycles. The molecule has 0 saturated carbocycles. The lowest BCUT2D eigenvalue weighted by Gasteiger charge is -2.49. The van der Waals surface area contributed by atoms with Crippen LogP contribution in [0.3, 0.4) is 0 Å². The summed E-state index contributed by atoms with van der Waals surface area (Å²) in [6.45, 7) is -0.145. The first-order valence-electron chi connectivity index (χ1n) is 7.93. The molecular weight excluding hydrogens is 342 g/mol. The zero-order chi connectivity index (χ0) is 18.9. The average molecular weight is 367 g/mol. The van der Waals surface area contributed by atoms with E-state index in [4.69, 9.17) is 9.47 Å². The molecule has 11 heteroatoms. The second kappa shape index (κ2) is 8.20. The molecule has 11 nitrogen and oxygen atoms in total. The molecular formula is C14H25NO10. The van der Waals surface area contributed by atoms with Crippen LogP contribution in [-0.4, -0.2) is 116 Å². The summed E-state index contributed by atoms with van der Waals surface area (Å²) >= 11 is 0. The highest BCUT2D eigenvalue weighted by molar-refractivity contribution is 5.73. The maximum absolute atomic E-state index is 11.4. The van der Waals surface area contributed by atoms with Crippen molar-refractivity contribution >= 4 is 5.91 Å². The number of carbonyl (C=O) groups is 1. The van der Waals surface area contributed by atoms with Crippen LogP contribution < -0.4 is 5.32 Å². The molecule has 2 aliphatic heterocycles. The lowest BCUT2D eigenvalue weighted by Crippen LogP contribution is -2.71. The zero-order valence-corrected chi connectivity index (χ0v) is 13.5. The number of ether oxygens (including phenoxy) is 2. The number of nitrogens with one attached hydrogen (secondary N) is 1. The largest absolute Gasteiger partial charge is 0.394 e. The van der Waals surface area contributed by atoms with E-state index in [0.717, 1.165) is 0 Å². The van der Waals surface area contributed by atoms with Gasteiger partial charge in [-0.3, -0.25) is 4.79 Å². The molecule has 0 spiro atoms. The molecule has 2 fully saturated rings. The Morgan fingerprint density at radius 3 is 1.76 bits per heavy atom. The van der Waals surface area contributed by atoms with E-state index in [-0.39, 0.29) is 0 Å². The Kier molecular flexibility index (Phi) is 6.70. The van der Waals surface area contributed by atoms with E-state index in [1.165, 1.54) is 6.92 Å². The smallest absolute Gasteiger partial charge is 0.217 e. The first-order chi connectivity index (χ1) is 11.7. The van der Waals surface area contributed by atoms with Crippen molar-refractivity contribution in [1.29, 1.82) is 0 Å². The quantitative estimate of drug-likeness (QED) is 0.238. The predicted octanol–water partition coefficient (Wildman–Crippen LogP) is -5.18. The van der Waals surface area contributed by atoms with Gasteiger partial charge in [0.1, 0.15) is 54.9 Å². The van der Waals surface area contributed by atoms with Crippen LogP contribution in [0.5, 0.6) is 0 Å². The first kappa shape index (κ1) is 20.4. The topological polar surface area (TPSA) is 189 Å². The van der Waals surface area contributed by atoms with E-state index in [9.17, 15) is 40.5 Å². The van der Waals surface area contributed by atoms with Crippen molar-refractivity contribution in [2.24, 2.45) is 0 Å². The standard InChI is InChI=1S/C14H25NO10/c1-4(18)15-7-10(21)8(19)5(2-16)24-13(7)14-12(23)11(22)9(20)6(3-17)25-14/h5-14,16-17,19-23H,2-3H2,1H3,(H,15,18)/t5-,6-,7-,8-,9-,10-,11+,12-,13?,14?/m1/s1. The Labute approximate surface area is 143 Å². The van der Waals surface area contributed by atoms with Crippen LogP contribution in [0, 0.1) is 0 Å². The Hall–Kier alpha value is -0.890. The van der Waals surface area contributed by atoms with Crippen molar-refractivity contribution in [2.45, 2.75) is 67.9 Å². The van der Waals surface area contributed by atoms with Crippen LogP contribution in [0.15, 0.2) is 0 Å². The molecule has 8 N–H and O–H groups in total. The van der Waals surface area contributed by atoms with Crippen molar-refractivity contribution in [3.05, 3.63) is 0 Å². The second-order valence-electron chi connectivity index (χ2n) is 6.32. The van der Waals surface area contributed by atoms with Gasteiger partial charge in [0.15, 0.2) is 0 Å². The van der Waals surface area contributed by atoms with Crippen LogP contribution in [0.1, 0.15) is 6.92 Å². The highest BCUT2D eigenvalue weighted by Crippen LogP contribution is 2.31. The molecule has 0 aromatic rings. The summed E-state index contributed by atoms with van der Waals surface area (Å²) in [4.78, 5) is 11.4.